The summed E-state index contributed by atoms with van der Waals surface area (Å²) < 4.78 is 1.11. The van der Waals surface area contributed by atoms with Crippen molar-refractivity contribution in [1.29, 1.82) is 0 Å². The van der Waals surface area contributed by atoms with Crippen LogP contribution < -0.4 is 10.6 Å². The molecule has 0 radical (unpaired) electrons. The molecule has 1 aliphatic carbocycles. The van der Waals surface area contributed by atoms with Crippen LogP contribution in [0.3, 0.4) is 0 Å². The molecule has 1 saturated heterocycles. The summed E-state index contributed by atoms with van der Waals surface area (Å²) in [5.74, 6) is 0.909. The van der Waals surface area contributed by atoms with Crippen molar-refractivity contribution in [2.24, 2.45) is 4.99 Å². The molecule has 2 aliphatic rings. The van der Waals surface area contributed by atoms with E-state index in [4.69, 9.17) is 0 Å². The van der Waals surface area contributed by atoms with Gasteiger partial charge in [0.05, 0.1) is 0 Å². The second kappa shape index (κ2) is 9.97. The molecular formula is C18H28BrIN4. The molecule has 1 heterocycles. The third kappa shape index (κ3) is 5.59. The van der Waals surface area contributed by atoms with Gasteiger partial charge in [-0.3, -0.25) is 9.89 Å². The van der Waals surface area contributed by atoms with Crippen molar-refractivity contribution >= 4 is 45.9 Å². The van der Waals surface area contributed by atoms with E-state index in [0.717, 1.165) is 29.6 Å². The molecule has 1 unspecified atom stereocenters. The molecule has 2 fully saturated rings. The largest absolute Gasteiger partial charge is 0.352 e. The first kappa shape index (κ1) is 20.0. The van der Waals surface area contributed by atoms with E-state index >= 15 is 0 Å². The summed E-state index contributed by atoms with van der Waals surface area (Å²) in [5.41, 5.74) is 1.26. The molecule has 0 amide bonds. The first-order valence-electron chi connectivity index (χ1n) is 8.70. The predicted octanol–water partition coefficient (Wildman–Crippen LogP) is 3.75. The number of hydrogen-bond acceptors (Lipinski definition) is 2. The van der Waals surface area contributed by atoms with Gasteiger partial charge in [-0.1, -0.05) is 40.9 Å². The summed E-state index contributed by atoms with van der Waals surface area (Å²) in [6.45, 7) is 3.18. The maximum atomic E-state index is 4.37. The van der Waals surface area contributed by atoms with E-state index < -0.39 is 0 Å². The molecule has 24 heavy (non-hydrogen) atoms. The fourth-order valence-corrected chi connectivity index (χ4v) is 3.95. The van der Waals surface area contributed by atoms with Gasteiger partial charge in [0.15, 0.2) is 5.96 Å². The van der Waals surface area contributed by atoms with Crippen molar-refractivity contribution in [2.45, 2.75) is 50.7 Å². The third-order valence-electron chi connectivity index (χ3n) is 5.00. The standard InChI is InChI=1S/C18H27BrN4.HI/c1-20-18(21-12-14-6-8-15(19)9-7-14)22-16-10-11-23(13-16)17-4-2-3-5-17;/h6-9,16-17H,2-5,10-13H2,1H3,(H2,20,21,22);1H. The Hall–Kier alpha value is -0.340. The molecule has 4 nitrogen and oxygen atoms in total. The fourth-order valence-electron chi connectivity index (χ4n) is 3.68. The molecule has 6 heteroatoms. The Kier molecular flexibility index (Phi) is 8.30. The van der Waals surface area contributed by atoms with E-state index in [1.54, 1.807) is 0 Å². The number of benzene rings is 1. The quantitative estimate of drug-likeness (QED) is 0.371. The maximum absolute atomic E-state index is 4.37. The van der Waals surface area contributed by atoms with Gasteiger partial charge in [0.2, 0.25) is 0 Å². The van der Waals surface area contributed by atoms with Crippen molar-refractivity contribution in [2.75, 3.05) is 20.1 Å². The average Bonchev–Trinajstić information content (AvgIpc) is 3.24. The van der Waals surface area contributed by atoms with Gasteiger partial charge in [-0.25, -0.2) is 0 Å². The van der Waals surface area contributed by atoms with Gasteiger partial charge in [-0.15, -0.1) is 24.0 Å². The minimum Gasteiger partial charge on any atom is -0.352 e. The molecule has 0 aromatic heterocycles. The van der Waals surface area contributed by atoms with E-state index in [-0.39, 0.29) is 24.0 Å². The van der Waals surface area contributed by atoms with Crippen LogP contribution in [-0.2, 0) is 6.54 Å². The number of nitrogens with zero attached hydrogens (tertiary/aromatic N) is 2. The van der Waals surface area contributed by atoms with Crippen LogP contribution in [0.4, 0.5) is 0 Å². The summed E-state index contributed by atoms with van der Waals surface area (Å²) in [6.07, 6.45) is 6.83. The summed E-state index contributed by atoms with van der Waals surface area (Å²) in [4.78, 5) is 7.05. The third-order valence-corrected chi connectivity index (χ3v) is 5.53. The lowest BCUT2D eigenvalue weighted by atomic mass is 10.2. The lowest BCUT2D eigenvalue weighted by Gasteiger charge is -2.24. The molecule has 1 aliphatic heterocycles. The zero-order valence-corrected chi connectivity index (χ0v) is 18.2. The van der Waals surface area contributed by atoms with Crippen LogP contribution in [0.25, 0.3) is 0 Å². The number of nitrogens with one attached hydrogen (secondary N) is 2. The Bertz CT molecular complexity index is 528. The Balaban J connectivity index is 0.00000208. The molecule has 1 saturated carbocycles. The molecule has 3 rings (SSSR count). The number of rotatable bonds is 4. The minimum atomic E-state index is 0. The molecule has 2 N–H and O–H groups in total. The van der Waals surface area contributed by atoms with Gasteiger partial charge in [-0.05, 0) is 37.0 Å². The summed E-state index contributed by atoms with van der Waals surface area (Å²) in [5, 5.41) is 7.01. The second-order valence-electron chi connectivity index (χ2n) is 6.62. The second-order valence-corrected chi connectivity index (χ2v) is 7.53. The Morgan fingerprint density at radius 1 is 1.21 bits per heavy atom. The van der Waals surface area contributed by atoms with E-state index in [1.165, 1.54) is 44.2 Å². The smallest absolute Gasteiger partial charge is 0.191 e. The van der Waals surface area contributed by atoms with Crippen LogP contribution >= 0.6 is 39.9 Å². The SMILES string of the molecule is CN=C(NCc1ccc(Br)cc1)NC1CCN(C2CCCC2)C1.I. The predicted molar refractivity (Wildman–Crippen MR) is 115 cm³/mol. The van der Waals surface area contributed by atoms with Crippen LogP contribution in [0.5, 0.6) is 0 Å². The van der Waals surface area contributed by atoms with Crippen LogP contribution in [-0.4, -0.2) is 43.1 Å². The molecule has 0 bridgehead atoms. The van der Waals surface area contributed by atoms with Crippen molar-refractivity contribution in [3.05, 3.63) is 34.3 Å². The van der Waals surface area contributed by atoms with Gasteiger partial charge in [-0.2, -0.15) is 0 Å². The van der Waals surface area contributed by atoms with Crippen molar-refractivity contribution in [3.63, 3.8) is 0 Å². The average molecular weight is 507 g/mol. The lowest BCUT2D eigenvalue weighted by Crippen LogP contribution is -2.45. The van der Waals surface area contributed by atoms with Gasteiger partial charge in [0, 0.05) is 43.2 Å². The number of hydrogen-bond donors (Lipinski definition) is 2. The first-order valence-corrected chi connectivity index (χ1v) is 9.49. The van der Waals surface area contributed by atoms with Crippen LogP contribution in [0.15, 0.2) is 33.7 Å². The zero-order chi connectivity index (χ0) is 16.1. The Labute approximate surface area is 171 Å². The fraction of sp³-hybridized carbons (Fsp3) is 0.611. The monoisotopic (exact) mass is 506 g/mol. The first-order chi connectivity index (χ1) is 11.2. The van der Waals surface area contributed by atoms with Gasteiger partial charge < -0.3 is 10.6 Å². The highest BCUT2D eigenvalue weighted by Gasteiger charge is 2.30. The number of halogens is 2. The number of guanidine groups is 1. The molecule has 134 valence electrons. The molecule has 1 atom stereocenters. The molecule has 1 aromatic carbocycles. The van der Waals surface area contributed by atoms with E-state index in [2.05, 4.69) is 60.7 Å². The topological polar surface area (TPSA) is 39.7 Å². The highest BCUT2D eigenvalue weighted by molar-refractivity contribution is 14.0. The molecular weight excluding hydrogens is 479 g/mol. The minimum absolute atomic E-state index is 0. The number of aliphatic imine (C=N–C) groups is 1. The normalized spacial score (nSPS) is 22.4. The van der Waals surface area contributed by atoms with E-state index in [1.807, 2.05) is 7.05 Å². The van der Waals surface area contributed by atoms with E-state index in [0.29, 0.717) is 6.04 Å². The van der Waals surface area contributed by atoms with Crippen molar-refractivity contribution < 1.29 is 0 Å². The summed E-state index contributed by atoms with van der Waals surface area (Å²) in [6, 6.07) is 9.75. The highest BCUT2D eigenvalue weighted by Crippen LogP contribution is 2.26. The van der Waals surface area contributed by atoms with Gasteiger partial charge >= 0.3 is 0 Å². The van der Waals surface area contributed by atoms with E-state index in [9.17, 15) is 0 Å². The molecule has 0 spiro atoms. The highest BCUT2D eigenvalue weighted by atomic mass is 127. The lowest BCUT2D eigenvalue weighted by molar-refractivity contribution is 0.242. The summed E-state index contributed by atoms with van der Waals surface area (Å²) >= 11 is 3.47. The van der Waals surface area contributed by atoms with Crippen molar-refractivity contribution in [3.8, 4) is 0 Å². The maximum Gasteiger partial charge on any atom is 0.191 e. The van der Waals surface area contributed by atoms with Gasteiger partial charge in [0.1, 0.15) is 0 Å². The molecule has 1 aromatic rings. The van der Waals surface area contributed by atoms with Crippen molar-refractivity contribution in [1.82, 2.24) is 15.5 Å². The van der Waals surface area contributed by atoms with Crippen LogP contribution in [0.2, 0.25) is 0 Å². The Morgan fingerprint density at radius 3 is 2.58 bits per heavy atom. The Morgan fingerprint density at radius 2 is 1.92 bits per heavy atom. The van der Waals surface area contributed by atoms with Crippen LogP contribution in [0.1, 0.15) is 37.7 Å². The van der Waals surface area contributed by atoms with Crippen LogP contribution in [0, 0.1) is 0 Å². The zero-order valence-electron chi connectivity index (χ0n) is 14.3. The number of likely N-dealkylation sites (tertiary alicyclic amines) is 1. The summed E-state index contributed by atoms with van der Waals surface area (Å²) in [7, 11) is 1.85. The van der Waals surface area contributed by atoms with Gasteiger partial charge in [0.25, 0.3) is 0 Å².